The summed E-state index contributed by atoms with van der Waals surface area (Å²) >= 11 is 0. The normalized spacial score (nSPS) is 12.8. The minimum atomic E-state index is 0.118. The molecule has 0 saturated carbocycles. The number of hydrogen-bond donors (Lipinski definition) is 2. The zero-order valence-corrected chi connectivity index (χ0v) is 7.82. The number of nitrogens with two attached hydrogens (primary N) is 1. The molecule has 13 heavy (non-hydrogen) atoms. The monoisotopic (exact) mass is 179 g/mol. The zero-order valence-electron chi connectivity index (χ0n) is 7.82. The highest BCUT2D eigenvalue weighted by Crippen LogP contribution is 2.15. The molecule has 0 amide bonds. The molecule has 0 aliphatic heterocycles. The fraction of sp³-hybridized carbons (Fsp3) is 0.455. The minimum Gasteiger partial charge on any atom is -0.396 e. The van der Waals surface area contributed by atoms with E-state index < -0.39 is 0 Å². The summed E-state index contributed by atoms with van der Waals surface area (Å²) in [6, 6.07) is 10.2. The lowest BCUT2D eigenvalue weighted by molar-refractivity contribution is 0.281. The molecule has 1 rings (SSSR count). The van der Waals surface area contributed by atoms with Crippen LogP contribution in [0.5, 0.6) is 0 Å². The number of benzene rings is 1. The van der Waals surface area contributed by atoms with Crippen molar-refractivity contribution >= 4 is 0 Å². The van der Waals surface area contributed by atoms with E-state index in [9.17, 15) is 0 Å². The second kappa shape index (κ2) is 5.73. The molecule has 0 saturated heterocycles. The van der Waals surface area contributed by atoms with E-state index in [1.165, 1.54) is 5.56 Å². The third-order valence-corrected chi connectivity index (χ3v) is 2.15. The fourth-order valence-corrected chi connectivity index (χ4v) is 1.34. The Hall–Kier alpha value is -0.860. The van der Waals surface area contributed by atoms with Gasteiger partial charge in [-0.1, -0.05) is 30.3 Å². The van der Waals surface area contributed by atoms with Crippen molar-refractivity contribution in [1.82, 2.24) is 0 Å². The molecule has 0 radical (unpaired) electrons. The van der Waals surface area contributed by atoms with E-state index in [2.05, 4.69) is 0 Å². The van der Waals surface area contributed by atoms with E-state index in [1.807, 2.05) is 30.3 Å². The predicted molar refractivity (Wildman–Crippen MR) is 54.3 cm³/mol. The van der Waals surface area contributed by atoms with Gasteiger partial charge >= 0.3 is 0 Å². The van der Waals surface area contributed by atoms with Crippen molar-refractivity contribution in [2.45, 2.75) is 25.3 Å². The summed E-state index contributed by atoms with van der Waals surface area (Å²) in [5.74, 6) is 0. The first kappa shape index (κ1) is 10.2. The van der Waals surface area contributed by atoms with Gasteiger partial charge in [-0.25, -0.2) is 0 Å². The third-order valence-electron chi connectivity index (χ3n) is 2.15. The Morgan fingerprint density at radius 2 is 1.85 bits per heavy atom. The second-order valence-corrected chi connectivity index (χ2v) is 3.24. The molecule has 0 aromatic heterocycles. The quantitative estimate of drug-likeness (QED) is 0.677. The number of aliphatic hydroxyl groups excluding tert-OH is 1. The largest absolute Gasteiger partial charge is 0.396 e. The highest BCUT2D eigenvalue weighted by molar-refractivity contribution is 5.18. The van der Waals surface area contributed by atoms with Crippen LogP contribution in [0.25, 0.3) is 0 Å². The summed E-state index contributed by atoms with van der Waals surface area (Å²) in [5, 5.41) is 8.61. The van der Waals surface area contributed by atoms with Gasteiger partial charge in [0, 0.05) is 12.6 Å². The van der Waals surface area contributed by atoms with Crippen molar-refractivity contribution < 1.29 is 5.11 Å². The van der Waals surface area contributed by atoms with Crippen molar-refractivity contribution in [2.75, 3.05) is 6.61 Å². The molecular formula is C11H17NO. The van der Waals surface area contributed by atoms with Crippen molar-refractivity contribution in [3.63, 3.8) is 0 Å². The van der Waals surface area contributed by atoms with Crippen LogP contribution in [-0.4, -0.2) is 11.7 Å². The lowest BCUT2D eigenvalue weighted by atomic mass is 10.0. The minimum absolute atomic E-state index is 0.118. The summed E-state index contributed by atoms with van der Waals surface area (Å²) in [5.41, 5.74) is 7.14. The standard InChI is InChI=1S/C11H17NO/c12-11(8-4-5-9-13)10-6-2-1-3-7-10/h1-3,6-7,11,13H,4-5,8-9,12H2. The van der Waals surface area contributed by atoms with Crippen LogP contribution in [0.4, 0.5) is 0 Å². The Balaban J connectivity index is 2.35. The highest BCUT2D eigenvalue weighted by atomic mass is 16.2. The Kier molecular flexibility index (Phi) is 4.50. The van der Waals surface area contributed by atoms with Gasteiger partial charge in [-0.05, 0) is 24.8 Å². The smallest absolute Gasteiger partial charge is 0.0431 e. The fourth-order valence-electron chi connectivity index (χ4n) is 1.34. The van der Waals surface area contributed by atoms with Gasteiger partial charge in [0.05, 0.1) is 0 Å². The van der Waals surface area contributed by atoms with Crippen LogP contribution < -0.4 is 5.73 Å². The van der Waals surface area contributed by atoms with Crippen molar-refractivity contribution in [3.05, 3.63) is 35.9 Å². The molecule has 1 atom stereocenters. The number of hydrogen-bond acceptors (Lipinski definition) is 2. The first-order valence-corrected chi connectivity index (χ1v) is 4.76. The number of rotatable bonds is 5. The van der Waals surface area contributed by atoms with Crippen molar-refractivity contribution in [3.8, 4) is 0 Å². The SMILES string of the molecule is NC(CCCCO)c1ccccc1. The molecule has 3 N–H and O–H groups in total. The first-order valence-electron chi connectivity index (χ1n) is 4.76. The maximum atomic E-state index is 8.61. The first-order chi connectivity index (χ1) is 6.34. The molecule has 2 heteroatoms. The van der Waals surface area contributed by atoms with Gasteiger partial charge in [-0.2, -0.15) is 0 Å². The average Bonchev–Trinajstić information content (AvgIpc) is 2.19. The van der Waals surface area contributed by atoms with E-state index in [4.69, 9.17) is 10.8 Å². The molecule has 72 valence electrons. The molecule has 0 aliphatic carbocycles. The number of unbranched alkanes of at least 4 members (excludes halogenated alkanes) is 1. The van der Waals surface area contributed by atoms with E-state index in [1.54, 1.807) is 0 Å². The molecule has 1 aromatic rings. The van der Waals surface area contributed by atoms with Gasteiger partial charge in [0.25, 0.3) is 0 Å². The summed E-state index contributed by atoms with van der Waals surface area (Å²) < 4.78 is 0. The molecule has 0 spiro atoms. The zero-order chi connectivity index (χ0) is 9.52. The van der Waals surface area contributed by atoms with Crippen molar-refractivity contribution in [2.24, 2.45) is 5.73 Å². The van der Waals surface area contributed by atoms with Gasteiger partial charge in [-0.15, -0.1) is 0 Å². The number of aliphatic hydroxyl groups is 1. The van der Waals surface area contributed by atoms with E-state index in [0.29, 0.717) is 0 Å². The molecule has 0 aliphatic rings. The van der Waals surface area contributed by atoms with E-state index in [-0.39, 0.29) is 12.6 Å². The predicted octanol–water partition coefficient (Wildman–Crippen LogP) is 1.85. The summed E-state index contributed by atoms with van der Waals surface area (Å²) in [6.45, 7) is 0.265. The maximum Gasteiger partial charge on any atom is 0.0431 e. The van der Waals surface area contributed by atoms with Crippen LogP contribution in [-0.2, 0) is 0 Å². The Bertz CT molecular complexity index is 223. The van der Waals surface area contributed by atoms with E-state index in [0.717, 1.165) is 19.3 Å². The van der Waals surface area contributed by atoms with Gasteiger partial charge in [0.1, 0.15) is 0 Å². The molecule has 1 unspecified atom stereocenters. The van der Waals surface area contributed by atoms with Crippen molar-refractivity contribution in [1.29, 1.82) is 0 Å². The van der Waals surface area contributed by atoms with Crippen LogP contribution in [0.15, 0.2) is 30.3 Å². The Morgan fingerprint density at radius 1 is 1.15 bits per heavy atom. The topological polar surface area (TPSA) is 46.2 Å². The van der Waals surface area contributed by atoms with E-state index >= 15 is 0 Å². The van der Waals surface area contributed by atoms with Gasteiger partial charge in [0.15, 0.2) is 0 Å². The summed E-state index contributed by atoms with van der Waals surface area (Å²) in [7, 11) is 0. The third kappa shape index (κ3) is 3.57. The second-order valence-electron chi connectivity index (χ2n) is 3.24. The summed E-state index contributed by atoms with van der Waals surface area (Å²) in [4.78, 5) is 0. The molecule has 0 fully saturated rings. The highest BCUT2D eigenvalue weighted by Gasteiger charge is 2.03. The van der Waals surface area contributed by atoms with Crippen LogP contribution in [0.3, 0.4) is 0 Å². The molecule has 0 heterocycles. The lowest BCUT2D eigenvalue weighted by Crippen LogP contribution is -2.09. The molecule has 1 aromatic carbocycles. The van der Waals surface area contributed by atoms with Crippen LogP contribution in [0, 0.1) is 0 Å². The molecular weight excluding hydrogens is 162 g/mol. The average molecular weight is 179 g/mol. The summed E-state index contributed by atoms with van der Waals surface area (Å²) in [6.07, 6.45) is 2.79. The van der Waals surface area contributed by atoms with Gasteiger partial charge in [-0.3, -0.25) is 0 Å². The van der Waals surface area contributed by atoms with Gasteiger partial charge in [0.2, 0.25) is 0 Å². The molecule has 2 nitrogen and oxygen atoms in total. The Labute approximate surface area is 79.4 Å². The van der Waals surface area contributed by atoms with Crippen LogP contribution in [0.1, 0.15) is 30.9 Å². The Morgan fingerprint density at radius 3 is 2.46 bits per heavy atom. The lowest BCUT2D eigenvalue weighted by Gasteiger charge is -2.10. The van der Waals surface area contributed by atoms with Crippen LogP contribution in [0.2, 0.25) is 0 Å². The van der Waals surface area contributed by atoms with Crippen LogP contribution >= 0.6 is 0 Å². The molecule has 0 bridgehead atoms. The maximum absolute atomic E-state index is 8.61. The van der Waals surface area contributed by atoms with Gasteiger partial charge < -0.3 is 10.8 Å².